The topological polar surface area (TPSA) is 380 Å². The number of unbranched alkanes of at least 4 members (excludes halogenated alkanes) is 42. The average molecular weight is 1680 g/mol. The van der Waals surface area contributed by atoms with E-state index in [-0.39, 0.29) is 32.1 Å². The van der Waals surface area contributed by atoms with E-state index in [1.54, 1.807) is 0 Å². The van der Waals surface area contributed by atoms with Gasteiger partial charge in [0.2, 0.25) is 0 Å². The Morgan fingerprint density at radius 2 is 0.698 bits per heavy atom. The Balaban J connectivity index is 1.93. The van der Waals surface area contributed by atoms with Crippen LogP contribution in [0.1, 0.15) is 388 Å². The van der Waals surface area contributed by atoms with Gasteiger partial charge in [-0.15, -0.1) is 0 Å². The summed E-state index contributed by atoms with van der Waals surface area (Å²) in [6.07, 6.45) is 26.3. The molecule has 1 aliphatic carbocycles. The molecule has 25 nitrogen and oxygen atoms in total. The fourth-order valence-corrected chi connectivity index (χ4v) is 16.3. The van der Waals surface area contributed by atoms with Crippen LogP contribution in [0.3, 0.4) is 0 Å². The molecule has 0 aromatic carbocycles. The second-order valence-corrected chi connectivity index (χ2v) is 34.8. The van der Waals surface area contributed by atoms with Crippen molar-refractivity contribution in [2.45, 2.75) is 492 Å². The minimum atomic E-state index is -5.81. The average Bonchev–Trinajstić information content (AvgIpc) is 0.754. The first-order valence-corrected chi connectivity index (χ1v) is 48.0. The maximum Gasteiger partial charge on any atom is 0.472 e. The number of carbonyl (C=O) groups excluding carboxylic acids is 4. The molecule has 3 aliphatic rings. The van der Waals surface area contributed by atoms with Crippen molar-refractivity contribution in [3.63, 3.8) is 0 Å². The van der Waals surface area contributed by atoms with Crippen molar-refractivity contribution in [2.24, 2.45) is 5.92 Å². The summed E-state index contributed by atoms with van der Waals surface area (Å²) < 4.78 is 73.3. The molecule has 0 radical (unpaired) electrons. The largest absolute Gasteiger partial charge is 0.472 e. The van der Waals surface area contributed by atoms with Gasteiger partial charge in [0.1, 0.15) is 92.6 Å². The molecule has 0 spiro atoms. The van der Waals surface area contributed by atoms with Crippen LogP contribution in [0.2, 0.25) is 0 Å². The SMILES string of the molecule is CCCCCCCC/C=C\CCCCCC(=O)OC(COC(=O)CCCCCCCCC(C)CCCCCCCC)COP(=O)(O)OC1C(OC2OC(CO)C(O)C(O)C2O)C(O)C(O)C(OC(=O)CCCCC/C=C\CCCCCCCC)C1OC1OC(COC(=O)CCCCCCCCCCCCCCCCC)C(O)C(O)C1O. The van der Waals surface area contributed by atoms with E-state index in [0.717, 1.165) is 116 Å². The minimum Gasteiger partial charge on any atom is -0.463 e. The van der Waals surface area contributed by atoms with Gasteiger partial charge >= 0.3 is 31.7 Å². The predicted octanol–water partition coefficient (Wildman–Crippen LogP) is 16.8. The molecule has 1 saturated carbocycles. The van der Waals surface area contributed by atoms with Gasteiger partial charge < -0.3 is 88.7 Å². The molecule has 0 amide bonds. The zero-order valence-electron chi connectivity index (χ0n) is 72.5. The van der Waals surface area contributed by atoms with E-state index in [1.807, 2.05) is 0 Å². The third-order valence-corrected chi connectivity index (χ3v) is 23.8. The second kappa shape index (κ2) is 68.4. The Bertz CT molecular complexity index is 2530. The Morgan fingerprint density at radius 3 is 1.12 bits per heavy atom. The summed E-state index contributed by atoms with van der Waals surface area (Å²) in [5.41, 5.74) is 0. The van der Waals surface area contributed by atoms with Crippen molar-refractivity contribution < 1.29 is 122 Å². The number of ether oxygens (including phenoxy) is 8. The van der Waals surface area contributed by atoms with Crippen LogP contribution in [-0.2, 0) is 70.7 Å². The molecule has 3 fully saturated rings. The molecule has 2 heterocycles. The highest BCUT2D eigenvalue weighted by atomic mass is 31.2. The molecule has 3 rings (SSSR count). The Labute approximate surface area is 698 Å². The molecule has 19 atom stereocenters. The third kappa shape index (κ3) is 48.7. The van der Waals surface area contributed by atoms with E-state index < -0.39 is 162 Å². The number of hydrogen-bond donors (Lipinski definition) is 10. The first-order valence-electron chi connectivity index (χ1n) is 46.5. The molecular weight excluding hydrogens is 1510 g/mol. The highest BCUT2D eigenvalue weighted by molar-refractivity contribution is 7.47. The number of aliphatic hydroxyl groups excluding tert-OH is 9. The summed E-state index contributed by atoms with van der Waals surface area (Å²) in [5, 5.41) is 102. The van der Waals surface area contributed by atoms with Gasteiger partial charge in [0.25, 0.3) is 0 Å². The number of phosphoric acid groups is 1. The van der Waals surface area contributed by atoms with Gasteiger partial charge in [-0.2, -0.15) is 0 Å². The van der Waals surface area contributed by atoms with Crippen LogP contribution in [0, 0.1) is 5.92 Å². The van der Waals surface area contributed by atoms with E-state index >= 15 is 0 Å². The molecule has 0 bridgehead atoms. The molecule has 2 aliphatic heterocycles. The third-order valence-electron chi connectivity index (χ3n) is 22.8. The van der Waals surface area contributed by atoms with Crippen molar-refractivity contribution in [2.75, 3.05) is 26.4 Å². The molecule has 0 aromatic heterocycles. The van der Waals surface area contributed by atoms with E-state index in [9.17, 15) is 74.6 Å². The van der Waals surface area contributed by atoms with Gasteiger partial charge in [-0.25, -0.2) is 4.57 Å². The summed E-state index contributed by atoms with van der Waals surface area (Å²) in [4.78, 5) is 66.4. The molecule has 2 saturated heterocycles. The molecule has 19 unspecified atom stereocenters. The molecule has 680 valence electrons. The first-order chi connectivity index (χ1) is 56.1. The molecule has 116 heavy (non-hydrogen) atoms. The van der Waals surface area contributed by atoms with Crippen LogP contribution in [0.25, 0.3) is 0 Å². The summed E-state index contributed by atoms with van der Waals surface area (Å²) in [6.45, 7) is 7.88. The summed E-state index contributed by atoms with van der Waals surface area (Å²) in [5.74, 6) is -2.32. The van der Waals surface area contributed by atoms with Crippen molar-refractivity contribution in [1.29, 1.82) is 0 Å². The minimum absolute atomic E-state index is 0.0151. The van der Waals surface area contributed by atoms with Gasteiger partial charge in [0, 0.05) is 25.7 Å². The van der Waals surface area contributed by atoms with Crippen molar-refractivity contribution in [3.8, 4) is 0 Å². The lowest BCUT2D eigenvalue weighted by molar-refractivity contribution is -0.360. The number of hydrogen-bond acceptors (Lipinski definition) is 24. The molecule has 26 heteroatoms. The van der Waals surface area contributed by atoms with Gasteiger partial charge in [-0.1, -0.05) is 309 Å². The van der Waals surface area contributed by atoms with Gasteiger partial charge in [-0.05, 0) is 83.0 Å². The lowest BCUT2D eigenvalue weighted by Gasteiger charge is -2.50. The van der Waals surface area contributed by atoms with Crippen molar-refractivity contribution in [3.05, 3.63) is 24.3 Å². The van der Waals surface area contributed by atoms with E-state index in [0.29, 0.717) is 44.4 Å². The fourth-order valence-electron chi connectivity index (χ4n) is 15.3. The van der Waals surface area contributed by atoms with Crippen LogP contribution in [0.4, 0.5) is 0 Å². The summed E-state index contributed by atoms with van der Waals surface area (Å²) >= 11 is 0. The quantitative estimate of drug-likeness (QED) is 0.00889. The number of phosphoric ester groups is 1. The number of esters is 4. The lowest BCUT2D eigenvalue weighted by Crippen LogP contribution is -2.70. The summed E-state index contributed by atoms with van der Waals surface area (Å²) in [6, 6.07) is 0. The molecule has 10 N–H and O–H groups in total. The summed E-state index contributed by atoms with van der Waals surface area (Å²) in [7, 11) is -5.81. The van der Waals surface area contributed by atoms with E-state index in [4.69, 9.17) is 46.9 Å². The first kappa shape index (κ1) is 107. The van der Waals surface area contributed by atoms with Crippen LogP contribution in [0.5, 0.6) is 0 Å². The van der Waals surface area contributed by atoms with E-state index in [2.05, 4.69) is 58.9 Å². The maximum atomic E-state index is 14.9. The van der Waals surface area contributed by atoms with E-state index in [1.165, 1.54) is 167 Å². The standard InChI is InChI=1S/C90H165O25P/c1-6-10-14-18-22-25-28-31-32-35-36-39-42-49-56-62-74(93)107-68-72-78(97)80(99)84(103)90(111-72)114-87-85(112-76(95)64-58-52-44-41-38-34-30-27-24-20-16-12-8-3)81(100)82(101)86(113-89-83(102)79(98)77(96)71(65-91)110-89)88(87)115-116(104,105)108-67-70(109-75(94)63-57-51-43-40-37-33-29-26-23-19-15-11-7-2)66-106-73(92)61-55-50-46-45-48-54-60-69(5)59-53-47-21-17-13-9-4/h33-34,37-38,69-72,77-91,96-103H,6-32,35-36,39-68H2,1-5H3,(H,104,105)/b37-33-,38-34-. The van der Waals surface area contributed by atoms with Crippen molar-refractivity contribution >= 4 is 31.7 Å². The van der Waals surface area contributed by atoms with Gasteiger partial charge in [0.05, 0.1) is 13.2 Å². The zero-order valence-corrected chi connectivity index (χ0v) is 73.4. The highest BCUT2D eigenvalue weighted by Crippen LogP contribution is 2.49. The fraction of sp³-hybridized carbons (Fsp3) is 0.911. The highest BCUT2D eigenvalue weighted by Gasteiger charge is 2.60. The zero-order chi connectivity index (χ0) is 84.8. The number of aliphatic hydroxyl groups is 9. The molecule has 0 aromatic rings. The number of rotatable bonds is 74. The maximum absolute atomic E-state index is 14.9. The lowest BCUT2D eigenvalue weighted by atomic mass is 9.84. The smallest absolute Gasteiger partial charge is 0.463 e. The molecular formula is C90H165O25P. The normalized spacial score (nSPS) is 25.5. The van der Waals surface area contributed by atoms with Crippen LogP contribution >= 0.6 is 7.82 Å². The number of allylic oxidation sites excluding steroid dienone is 4. The van der Waals surface area contributed by atoms with Crippen LogP contribution in [-0.4, -0.2) is 205 Å². The Hall–Kier alpha value is -3.05. The number of carbonyl (C=O) groups is 4. The Morgan fingerprint density at radius 1 is 0.362 bits per heavy atom. The van der Waals surface area contributed by atoms with Crippen LogP contribution in [0.15, 0.2) is 24.3 Å². The van der Waals surface area contributed by atoms with Crippen LogP contribution < -0.4 is 0 Å². The monoisotopic (exact) mass is 1680 g/mol. The second-order valence-electron chi connectivity index (χ2n) is 33.4. The van der Waals surface area contributed by atoms with Gasteiger partial charge in [0.15, 0.2) is 24.8 Å². The Kier molecular flexibility index (Phi) is 63.2. The van der Waals surface area contributed by atoms with Gasteiger partial charge in [-0.3, -0.25) is 28.2 Å². The predicted molar refractivity (Wildman–Crippen MR) is 449 cm³/mol. The van der Waals surface area contributed by atoms with Crippen molar-refractivity contribution in [1.82, 2.24) is 0 Å².